The highest BCUT2D eigenvalue weighted by Gasteiger charge is 2.15. The van der Waals surface area contributed by atoms with Gasteiger partial charge in [-0.1, -0.05) is 18.2 Å². The minimum Gasteiger partial charge on any atom is -0.494 e. The molecule has 7 nitrogen and oxygen atoms in total. The molecule has 0 fully saturated rings. The zero-order valence-electron chi connectivity index (χ0n) is 16.0. The van der Waals surface area contributed by atoms with Gasteiger partial charge in [0.2, 0.25) is 0 Å². The van der Waals surface area contributed by atoms with Crippen LogP contribution in [0.3, 0.4) is 0 Å². The van der Waals surface area contributed by atoms with Crippen LogP contribution in [0.15, 0.2) is 39.7 Å². The van der Waals surface area contributed by atoms with Crippen LogP contribution in [0.1, 0.15) is 34.4 Å². The summed E-state index contributed by atoms with van der Waals surface area (Å²) < 4.78 is 15.9. The Bertz CT molecular complexity index is 774. The number of esters is 1. The van der Waals surface area contributed by atoms with Crippen LogP contribution in [0.5, 0.6) is 5.75 Å². The predicted octanol–water partition coefficient (Wildman–Crippen LogP) is 3.26. The maximum absolute atomic E-state index is 11.6. The summed E-state index contributed by atoms with van der Waals surface area (Å²) in [7, 11) is 3.04. The summed E-state index contributed by atoms with van der Waals surface area (Å²) in [4.78, 5) is 15.8. The van der Waals surface area contributed by atoms with E-state index in [2.05, 4.69) is 15.6 Å². The Kier molecular flexibility index (Phi) is 9.70. The lowest BCUT2D eigenvalue weighted by Gasteiger charge is -2.13. The van der Waals surface area contributed by atoms with Crippen molar-refractivity contribution >= 4 is 35.9 Å². The van der Waals surface area contributed by atoms with Gasteiger partial charge in [-0.05, 0) is 26.0 Å². The van der Waals surface area contributed by atoms with Crippen LogP contribution >= 0.6 is 24.0 Å². The SMILES string of the molecule is CCOc1ccccc1CNC(=NC)NCc1cc(C(=O)OC)c(C)o1.I. The molecule has 0 aliphatic carbocycles. The first-order valence-electron chi connectivity index (χ1n) is 8.41. The van der Waals surface area contributed by atoms with Crippen molar-refractivity contribution in [3.63, 3.8) is 0 Å². The highest BCUT2D eigenvalue weighted by Crippen LogP contribution is 2.18. The van der Waals surface area contributed by atoms with Crippen molar-refractivity contribution < 1.29 is 18.7 Å². The fourth-order valence-corrected chi connectivity index (χ4v) is 2.46. The number of furan rings is 1. The third-order valence-electron chi connectivity index (χ3n) is 3.75. The van der Waals surface area contributed by atoms with Gasteiger partial charge in [0.25, 0.3) is 0 Å². The fourth-order valence-electron chi connectivity index (χ4n) is 2.46. The van der Waals surface area contributed by atoms with Gasteiger partial charge in [-0.15, -0.1) is 24.0 Å². The molecule has 0 aliphatic heterocycles. The van der Waals surface area contributed by atoms with E-state index in [1.54, 1.807) is 20.0 Å². The van der Waals surface area contributed by atoms with Crippen molar-refractivity contribution in [1.29, 1.82) is 0 Å². The molecule has 1 aromatic carbocycles. The number of ether oxygens (including phenoxy) is 2. The Labute approximate surface area is 176 Å². The van der Waals surface area contributed by atoms with Crippen LogP contribution in [0, 0.1) is 6.92 Å². The Hall–Kier alpha value is -2.23. The van der Waals surface area contributed by atoms with Crippen LogP contribution in [-0.2, 0) is 17.8 Å². The number of aryl methyl sites for hydroxylation is 1. The second-order valence-electron chi connectivity index (χ2n) is 5.49. The number of nitrogens with one attached hydrogen (secondary N) is 2. The van der Waals surface area contributed by atoms with Crippen LogP contribution in [0.2, 0.25) is 0 Å². The number of halogens is 1. The molecule has 0 bridgehead atoms. The lowest BCUT2D eigenvalue weighted by molar-refractivity contribution is 0.0599. The summed E-state index contributed by atoms with van der Waals surface area (Å²) in [5.41, 5.74) is 1.47. The average Bonchev–Trinajstić information content (AvgIpc) is 3.03. The molecular weight excluding hydrogens is 461 g/mol. The lowest BCUT2D eigenvalue weighted by atomic mass is 10.2. The van der Waals surface area contributed by atoms with E-state index in [9.17, 15) is 4.79 Å². The summed E-state index contributed by atoms with van der Waals surface area (Å²) in [5, 5.41) is 6.39. The number of carbonyl (C=O) groups is 1. The molecule has 0 aliphatic rings. The van der Waals surface area contributed by atoms with Gasteiger partial charge in [-0.25, -0.2) is 4.79 Å². The van der Waals surface area contributed by atoms with Crippen molar-refractivity contribution in [3.8, 4) is 5.75 Å². The van der Waals surface area contributed by atoms with Crippen molar-refractivity contribution in [2.45, 2.75) is 26.9 Å². The zero-order valence-corrected chi connectivity index (χ0v) is 18.3. The molecule has 1 aromatic heterocycles. The molecule has 0 amide bonds. The first-order chi connectivity index (χ1) is 12.6. The summed E-state index contributed by atoms with van der Waals surface area (Å²) >= 11 is 0. The summed E-state index contributed by atoms with van der Waals surface area (Å²) in [5.74, 6) is 2.21. The van der Waals surface area contributed by atoms with E-state index < -0.39 is 5.97 Å². The third kappa shape index (κ3) is 6.46. The van der Waals surface area contributed by atoms with E-state index in [1.807, 2.05) is 31.2 Å². The highest BCUT2D eigenvalue weighted by molar-refractivity contribution is 14.0. The fraction of sp³-hybridized carbons (Fsp3) is 0.368. The van der Waals surface area contributed by atoms with Gasteiger partial charge in [-0.2, -0.15) is 0 Å². The molecule has 0 radical (unpaired) electrons. The summed E-state index contributed by atoms with van der Waals surface area (Å²) in [6, 6.07) is 9.53. The third-order valence-corrected chi connectivity index (χ3v) is 3.75. The topological polar surface area (TPSA) is 85.1 Å². The second kappa shape index (κ2) is 11.5. The number of guanidine groups is 1. The lowest BCUT2D eigenvalue weighted by Crippen LogP contribution is -2.36. The molecule has 148 valence electrons. The molecule has 8 heteroatoms. The molecule has 2 aromatic rings. The maximum atomic E-state index is 11.6. The highest BCUT2D eigenvalue weighted by atomic mass is 127. The monoisotopic (exact) mass is 487 g/mol. The van der Waals surface area contributed by atoms with Gasteiger partial charge < -0.3 is 24.5 Å². The minimum absolute atomic E-state index is 0. The Balaban J connectivity index is 0.00000364. The maximum Gasteiger partial charge on any atom is 0.341 e. The van der Waals surface area contributed by atoms with Crippen LogP contribution in [-0.4, -0.2) is 32.7 Å². The molecule has 0 atom stereocenters. The molecule has 0 unspecified atom stereocenters. The quantitative estimate of drug-likeness (QED) is 0.270. The molecule has 0 spiro atoms. The van der Waals surface area contributed by atoms with E-state index >= 15 is 0 Å². The number of aliphatic imine (C=N–C) groups is 1. The van der Waals surface area contributed by atoms with Crippen molar-refractivity contribution in [3.05, 3.63) is 53.0 Å². The second-order valence-corrected chi connectivity index (χ2v) is 5.49. The zero-order chi connectivity index (χ0) is 18.9. The standard InChI is InChI=1S/C19H25N3O4.HI/c1-5-25-17-9-7-6-8-14(17)11-21-19(20-3)22-12-15-10-16(13(2)26-15)18(23)24-4;/h6-10H,5,11-12H2,1-4H3,(H2,20,21,22);1H. The van der Waals surface area contributed by atoms with Gasteiger partial charge in [0, 0.05) is 19.2 Å². The van der Waals surface area contributed by atoms with E-state index in [1.165, 1.54) is 7.11 Å². The number of nitrogens with zero attached hydrogens (tertiary/aromatic N) is 1. The van der Waals surface area contributed by atoms with E-state index in [4.69, 9.17) is 13.9 Å². The molecule has 0 saturated heterocycles. The average molecular weight is 487 g/mol. The first kappa shape index (κ1) is 22.8. The molecule has 1 heterocycles. The predicted molar refractivity (Wildman–Crippen MR) is 115 cm³/mol. The number of carbonyl (C=O) groups excluding carboxylic acids is 1. The number of para-hydroxylation sites is 1. The number of hydrogen-bond donors (Lipinski definition) is 2. The van der Waals surface area contributed by atoms with Gasteiger partial charge >= 0.3 is 5.97 Å². The normalized spacial score (nSPS) is 10.7. The van der Waals surface area contributed by atoms with E-state index in [0.29, 0.717) is 42.7 Å². The number of rotatable bonds is 7. The molecule has 0 saturated carbocycles. The van der Waals surface area contributed by atoms with Crippen LogP contribution < -0.4 is 15.4 Å². The van der Waals surface area contributed by atoms with Gasteiger partial charge in [0.1, 0.15) is 22.8 Å². The van der Waals surface area contributed by atoms with Gasteiger partial charge in [0.15, 0.2) is 5.96 Å². The van der Waals surface area contributed by atoms with Crippen LogP contribution in [0.25, 0.3) is 0 Å². The van der Waals surface area contributed by atoms with Crippen molar-refractivity contribution in [1.82, 2.24) is 10.6 Å². The number of hydrogen-bond acceptors (Lipinski definition) is 5. The minimum atomic E-state index is -0.410. The van der Waals surface area contributed by atoms with Crippen molar-refractivity contribution in [2.75, 3.05) is 20.8 Å². The Morgan fingerprint density at radius 1 is 1.22 bits per heavy atom. The van der Waals surface area contributed by atoms with Crippen molar-refractivity contribution in [2.24, 2.45) is 4.99 Å². The van der Waals surface area contributed by atoms with E-state index in [-0.39, 0.29) is 24.0 Å². The Morgan fingerprint density at radius 2 is 1.93 bits per heavy atom. The summed E-state index contributed by atoms with van der Waals surface area (Å²) in [6.07, 6.45) is 0. The number of methoxy groups -OCH3 is 1. The number of benzene rings is 1. The molecular formula is C19H26IN3O4. The smallest absolute Gasteiger partial charge is 0.341 e. The Morgan fingerprint density at radius 3 is 2.59 bits per heavy atom. The first-order valence-corrected chi connectivity index (χ1v) is 8.41. The van der Waals surface area contributed by atoms with Gasteiger partial charge in [0.05, 0.1) is 20.3 Å². The molecule has 27 heavy (non-hydrogen) atoms. The largest absolute Gasteiger partial charge is 0.494 e. The van der Waals surface area contributed by atoms with Gasteiger partial charge in [-0.3, -0.25) is 4.99 Å². The molecule has 2 N–H and O–H groups in total. The van der Waals surface area contributed by atoms with Crippen LogP contribution in [0.4, 0.5) is 0 Å². The summed E-state index contributed by atoms with van der Waals surface area (Å²) in [6.45, 7) is 5.27. The van der Waals surface area contributed by atoms with E-state index in [0.717, 1.165) is 11.3 Å². The molecule has 2 rings (SSSR count).